The van der Waals surface area contributed by atoms with E-state index in [1.165, 1.54) is 34.2 Å². The maximum Gasteiger partial charge on any atom is 0.263 e. The standard InChI is InChI=1S/C27H22FN5O3S/c1-17-19(14-18-8-3-2-4-9-18)26(35)31-27(29-17)33-24(15-21(32-33)23-12-7-13-37-23)30-25(34)16-36-22-11-6-5-10-20(22)28/h2-13,15H,14,16H2,1H3,(H,30,34)(H,29,31,35). The Kier molecular flexibility index (Phi) is 6.91. The number of carbonyl (C=O) groups excluding carboxylic acids is 1. The number of para-hydroxylation sites is 1. The van der Waals surface area contributed by atoms with Gasteiger partial charge in [0.25, 0.3) is 11.5 Å². The summed E-state index contributed by atoms with van der Waals surface area (Å²) in [5.41, 5.74) is 2.39. The van der Waals surface area contributed by atoms with E-state index in [4.69, 9.17) is 4.74 Å². The first-order chi connectivity index (χ1) is 18.0. The largest absolute Gasteiger partial charge is 0.481 e. The van der Waals surface area contributed by atoms with Crippen LogP contribution in [0.5, 0.6) is 5.75 Å². The summed E-state index contributed by atoms with van der Waals surface area (Å²) in [4.78, 5) is 34.0. The lowest BCUT2D eigenvalue weighted by Gasteiger charge is -2.11. The van der Waals surface area contributed by atoms with Crippen LogP contribution in [0.3, 0.4) is 0 Å². The Labute approximate surface area is 215 Å². The van der Waals surface area contributed by atoms with Crippen molar-refractivity contribution in [3.63, 3.8) is 0 Å². The van der Waals surface area contributed by atoms with E-state index in [-0.39, 0.29) is 23.1 Å². The number of aromatic nitrogens is 4. The van der Waals surface area contributed by atoms with Gasteiger partial charge in [-0.3, -0.25) is 14.6 Å². The van der Waals surface area contributed by atoms with E-state index in [9.17, 15) is 14.0 Å². The van der Waals surface area contributed by atoms with Crippen LogP contribution in [0.25, 0.3) is 16.5 Å². The number of ether oxygens (including phenoxy) is 1. The van der Waals surface area contributed by atoms with Crippen LogP contribution in [0.4, 0.5) is 10.2 Å². The predicted molar refractivity (Wildman–Crippen MR) is 140 cm³/mol. The molecule has 0 spiro atoms. The van der Waals surface area contributed by atoms with Gasteiger partial charge in [0, 0.05) is 18.1 Å². The monoisotopic (exact) mass is 515 g/mol. The number of aromatic amines is 1. The molecule has 5 rings (SSSR count). The van der Waals surface area contributed by atoms with Crippen molar-refractivity contribution in [2.45, 2.75) is 13.3 Å². The van der Waals surface area contributed by atoms with Crippen LogP contribution in [0.1, 0.15) is 16.8 Å². The molecule has 0 saturated carbocycles. The summed E-state index contributed by atoms with van der Waals surface area (Å²) in [6, 6.07) is 21.0. The molecule has 186 valence electrons. The molecule has 0 unspecified atom stereocenters. The number of amides is 1. The summed E-state index contributed by atoms with van der Waals surface area (Å²) in [6.07, 6.45) is 0.436. The number of carbonyl (C=O) groups is 1. The van der Waals surface area contributed by atoms with Crippen LogP contribution in [0, 0.1) is 12.7 Å². The second-order valence-corrected chi connectivity index (χ2v) is 9.13. The van der Waals surface area contributed by atoms with E-state index in [0.717, 1.165) is 10.4 Å². The Balaban J connectivity index is 1.44. The number of nitrogens with one attached hydrogen (secondary N) is 2. The van der Waals surface area contributed by atoms with Crippen molar-refractivity contribution in [3.05, 3.63) is 111 Å². The molecule has 0 bridgehead atoms. The van der Waals surface area contributed by atoms with Crippen molar-refractivity contribution in [2.24, 2.45) is 0 Å². The summed E-state index contributed by atoms with van der Waals surface area (Å²) < 4.78 is 20.5. The number of H-pyrrole nitrogens is 1. The molecule has 0 aliphatic heterocycles. The van der Waals surface area contributed by atoms with Gasteiger partial charge in [-0.25, -0.2) is 9.37 Å². The van der Waals surface area contributed by atoms with E-state index in [1.54, 1.807) is 19.1 Å². The van der Waals surface area contributed by atoms with E-state index in [0.29, 0.717) is 23.4 Å². The first-order valence-corrected chi connectivity index (χ1v) is 12.3. The van der Waals surface area contributed by atoms with Gasteiger partial charge in [0.1, 0.15) is 11.5 Å². The Morgan fingerprint density at radius 3 is 2.62 bits per heavy atom. The minimum Gasteiger partial charge on any atom is -0.481 e. The summed E-state index contributed by atoms with van der Waals surface area (Å²) >= 11 is 1.48. The van der Waals surface area contributed by atoms with Crippen molar-refractivity contribution in [3.8, 4) is 22.3 Å². The molecule has 0 fully saturated rings. The highest BCUT2D eigenvalue weighted by atomic mass is 32.1. The topological polar surface area (TPSA) is 102 Å². The van der Waals surface area contributed by atoms with E-state index >= 15 is 0 Å². The third kappa shape index (κ3) is 5.49. The second kappa shape index (κ2) is 10.6. The average molecular weight is 516 g/mol. The van der Waals surface area contributed by atoms with Crippen molar-refractivity contribution >= 4 is 23.1 Å². The molecule has 3 heterocycles. The zero-order valence-electron chi connectivity index (χ0n) is 19.8. The van der Waals surface area contributed by atoms with Crippen LogP contribution in [-0.4, -0.2) is 32.3 Å². The third-order valence-electron chi connectivity index (χ3n) is 5.58. The van der Waals surface area contributed by atoms with Gasteiger partial charge < -0.3 is 10.1 Å². The molecular formula is C27H22FN5O3S. The van der Waals surface area contributed by atoms with Crippen LogP contribution in [0.2, 0.25) is 0 Å². The van der Waals surface area contributed by atoms with E-state index < -0.39 is 18.3 Å². The number of aryl methyl sites for hydroxylation is 1. The minimum atomic E-state index is -0.562. The Bertz CT molecular complexity index is 1600. The lowest BCUT2D eigenvalue weighted by Crippen LogP contribution is -2.24. The number of hydrogen-bond acceptors (Lipinski definition) is 6. The van der Waals surface area contributed by atoms with Gasteiger partial charge in [0.05, 0.1) is 10.6 Å². The smallest absolute Gasteiger partial charge is 0.263 e. The molecular weight excluding hydrogens is 493 g/mol. The zero-order chi connectivity index (χ0) is 25.8. The van der Waals surface area contributed by atoms with Crippen molar-refractivity contribution in [1.82, 2.24) is 19.7 Å². The first-order valence-electron chi connectivity index (χ1n) is 11.4. The van der Waals surface area contributed by atoms with Gasteiger partial charge in [-0.2, -0.15) is 9.78 Å². The Morgan fingerprint density at radius 1 is 1.11 bits per heavy atom. The fraction of sp³-hybridized carbons (Fsp3) is 0.111. The van der Waals surface area contributed by atoms with Crippen molar-refractivity contribution < 1.29 is 13.9 Å². The number of hydrogen-bond donors (Lipinski definition) is 2. The molecule has 5 aromatic rings. The molecule has 8 nitrogen and oxygen atoms in total. The number of anilines is 1. The number of rotatable bonds is 8. The zero-order valence-corrected chi connectivity index (χ0v) is 20.6. The van der Waals surface area contributed by atoms with Gasteiger partial charge in [0.2, 0.25) is 5.95 Å². The summed E-state index contributed by atoms with van der Waals surface area (Å²) in [5, 5.41) is 9.23. The molecule has 2 aromatic carbocycles. The van der Waals surface area contributed by atoms with Gasteiger partial charge in [-0.05, 0) is 36.1 Å². The fourth-order valence-corrected chi connectivity index (χ4v) is 4.45. The molecule has 0 radical (unpaired) electrons. The van der Waals surface area contributed by atoms with E-state index in [1.807, 2.05) is 47.8 Å². The third-order valence-corrected chi connectivity index (χ3v) is 6.47. The highest BCUT2D eigenvalue weighted by Gasteiger charge is 2.18. The Morgan fingerprint density at radius 2 is 1.89 bits per heavy atom. The minimum absolute atomic E-state index is 0.0268. The van der Waals surface area contributed by atoms with Crippen molar-refractivity contribution in [2.75, 3.05) is 11.9 Å². The average Bonchev–Trinajstić information content (AvgIpc) is 3.57. The fourth-order valence-electron chi connectivity index (χ4n) is 3.76. The second-order valence-electron chi connectivity index (χ2n) is 8.19. The predicted octanol–water partition coefficient (Wildman–Crippen LogP) is 4.74. The summed E-state index contributed by atoms with van der Waals surface area (Å²) in [7, 11) is 0. The number of benzene rings is 2. The molecule has 10 heteroatoms. The number of halogens is 1. The van der Waals surface area contributed by atoms with Crippen LogP contribution in [-0.2, 0) is 11.2 Å². The highest BCUT2D eigenvalue weighted by Crippen LogP contribution is 2.27. The van der Waals surface area contributed by atoms with Crippen LogP contribution < -0.4 is 15.6 Å². The number of nitrogens with zero attached hydrogens (tertiary/aromatic N) is 3. The van der Waals surface area contributed by atoms with Gasteiger partial charge in [-0.15, -0.1) is 11.3 Å². The highest BCUT2D eigenvalue weighted by molar-refractivity contribution is 7.13. The molecule has 2 N–H and O–H groups in total. The Hall–Kier alpha value is -4.57. The SMILES string of the molecule is Cc1nc(-n2nc(-c3cccs3)cc2NC(=O)COc2ccccc2F)[nH]c(=O)c1Cc1ccccc1. The lowest BCUT2D eigenvalue weighted by atomic mass is 10.1. The molecule has 1 amide bonds. The molecule has 0 aliphatic rings. The molecule has 37 heavy (non-hydrogen) atoms. The molecule has 3 aromatic heterocycles. The van der Waals surface area contributed by atoms with Crippen LogP contribution >= 0.6 is 11.3 Å². The molecule has 0 aliphatic carbocycles. The van der Waals surface area contributed by atoms with Gasteiger partial charge in [-0.1, -0.05) is 48.5 Å². The molecule has 0 atom stereocenters. The van der Waals surface area contributed by atoms with Crippen LogP contribution in [0.15, 0.2) is 83.0 Å². The first kappa shape index (κ1) is 24.1. The van der Waals surface area contributed by atoms with E-state index in [2.05, 4.69) is 20.4 Å². The van der Waals surface area contributed by atoms with Gasteiger partial charge >= 0.3 is 0 Å². The maximum absolute atomic E-state index is 13.8. The van der Waals surface area contributed by atoms with Crippen molar-refractivity contribution in [1.29, 1.82) is 0 Å². The normalized spacial score (nSPS) is 10.9. The van der Waals surface area contributed by atoms with Gasteiger partial charge in [0.15, 0.2) is 18.2 Å². The summed E-state index contributed by atoms with van der Waals surface area (Å²) in [6.45, 7) is 1.35. The quantitative estimate of drug-likeness (QED) is 0.311. The molecule has 0 saturated heterocycles. The number of thiophene rings is 1. The summed E-state index contributed by atoms with van der Waals surface area (Å²) in [5.74, 6) is -0.674. The maximum atomic E-state index is 13.8. The lowest BCUT2D eigenvalue weighted by molar-refractivity contribution is -0.118.